The van der Waals surface area contributed by atoms with E-state index < -0.39 is 10.0 Å². The minimum absolute atomic E-state index is 0.0820. The molecule has 1 unspecified atom stereocenters. The van der Waals surface area contributed by atoms with Crippen LogP contribution in [0, 0.1) is 12.8 Å². The standard InChI is InChI=1S/C17H24N4O3S2/c1-13-5-6-16(25-13)26(23,24)21-10-3-4-14(12-21)17(22)19-8-7-15-18-9-11-20(15)2/h5-6,9,11,14H,3-4,7-8,10,12H2,1-2H3,(H,19,22). The van der Waals surface area contributed by atoms with E-state index >= 15 is 0 Å². The van der Waals surface area contributed by atoms with Crippen molar-refractivity contribution in [1.29, 1.82) is 0 Å². The van der Waals surface area contributed by atoms with Crippen LogP contribution in [-0.2, 0) is 28.3 Å². The summed E-state index contributed by atoms with van der Waals surface area (Å²) in [5.74, 6) is 0.522. The molecule has 0 saturated carbocycles. The van der Waals surface area contributed by atoms with Crippen LogP contribution >= 0.6 is 11.3 Å². The number of rotatable bonds is 6. The lowest BCUT2D eigenvalue weighted by Crippen LogP contribution is -2.45. The molecule has 1 amide bonds. The molecule has 0 aromatic carbocycles. The number of carbonyl (C=O) groups is 1. The predicted octanol–water partition coefficient (Wildman–Crippen LogP) is 1.55. The number of thiophene rings is 1. The molecule has 9 heteroatoms. The molecule has 1 saturated heterocycles. The van der Waals surface area contributed by atoms with Gasteiger partial charge >= 0.3 is 0 Å². The molecule has 1 aliphatic heterocycles. The highest BCUT2D eigenvalue weighted by atomic mass is 32.2. The van der Waals surface area contributed by atoms with E-state index in [0.29, 0.717) is 36.6 Å². The van der Waals surface area contributed by atoms with Gasteiger partial charge in [0.2, 0.25) is 5.91 Å². The highest BCUT2D eigenvalue weighted by Gasteiger charge is 2.33. The van der Waals surface area contributed by atoms with Gasteiger partial charge in [0.05, 0.1) is 5.92 Å². The molecular weight excluding hydrogens is 372 g/mol. The molecule has 1 aliphatic rings. The molecule has 0 spiro atoms. The normalized spacial score (nSPS) is 18.8. The molecule has 0 aliphatic carbocycles. The van der Waals surface area contributed by atoms with Crippen LogP contribution in [0.4, 0.5) is 0 Å². The summed E-state index contributed by atoms with van der Waals surface area (Å²) in [4.78, 5) is 17.7. The first kappa shape index (κ1) is 19.1. The molecule has 26 heavy (non-hydrogen) atoms. The van der Waals surface area contributed by atoms with Crippen molar-refractivity contribution in [1.82, 2.24) is 19.2 Å². The average molecular weight is 397 g/mol. The molecule has 1 N–H and O–H groups in total. The van der Waals surface area contributed by atoms with Gasteiger partial charge in [-0.3, -0.25) is 4.79 Å². The van der Waals surface area contributed by atoms with Gasteiger partial charge in [-0.2, -0.15) is 4.31 Å². The number of hydrogen-bond acceptors (Lipinski definition) is 5. The monoisotopic (exact) mass is 396 g/mol. The number of nitrogens with one attached hydrogen (secondary N) is 1. The van der Waals surface area contributed by atoms with E-state index in [4.69, 9.17) is 0 Å². The zero-order valence-electron chi connectivity index (χ0n) is 15.0. The summed E-state index contributed by atoms with van der Waals surface area (Å²) in [6.45, 7) is 3.10. The van der Waals surface area contributed by atoms with Crippen LogP contribution in [0.15, 0.2) is 28.7 Å². The van der Waals surface area contributed by atoms with Crippen molar-refractivity contribution in [2.75, 3.05) is 19.6 Å². The van der Waals surface area contributed by atoms with Crippen molar-refractivity contribution in [3.05, 3.63) is 35.2 Å². The molecule has 0 radical (unpaired) electrons. The summed E-state index contributed by atoms with van der Waals surface area (Å²) in [7, 11) is -1.59. The van der Waals surface area contributed by atoms with Crippen LogP contribution in [0.2, 0.25) is 0 Å². The van der Waals surface area contributed by atoms with Gasteiger partial charge in [-0.05, 0) is 31.9 Å². The number of aryl methyl sites for hydroxylation is 2. The molecule has 2 aromatic rings. The number of carbonyl (C=O) groups excluding carboxylic acids is 1. The number of sulfonamides is 1. The van der Waals surface area contributed by atoms with E-state index in [1.54, 1.807) is 12.3 Å². The van der Waals surface area contributed by atoms with Crippen molar-refractivity contribution in [2.45, 2.75) is 30.4 Å². The Hall–Kier alpha value is -1.71. The maximum Gasteiger partial charge on any atom is 0.252 e. The Kier molecular flexibility index (Phi) is 5.79. The van der Waals surface area contributed by atoms with Crippen LogP contribution in [-0.4, -0.2) is 47.8 Å². The van der Waals surface area contributed by atoms with E-state index in [0.717, 1.165) is 10.7 Å². The largest absolute Gasteiger partial charge is 0.355 e. The smallest absolute Gasteiger partial charge is 0.252 e. The highest BCUT2D eigenvalue weighted by Crippen LogP contribution is 2.28. The summed E-state index contributed by atoms with van der Waals surface area (Å²) < 4.78 is 29.3. The first-order chi connectivity index (χ1) is 12.4. The zero-order valence-corrected chi connectivity index (χ0v) is 16.6. The number of hydrogen-bond donors (Lipinski definition) is 1. The fourth-order valence-electron chi connectivity index (χ4n) is 3.13. The SMILES string of the molecule is Cc1ccc(S(=O)(=O)N2CCCC(C(=O)NCCc3nccn3C)C2)s1. The molecule has 7 nitrogen and oxygen atoms in total. The van der Waals surface area contributed by atoms with Gasteiger partial charge in [0.25, 0.3) is 10.0 Å². The third-order valence-electron chi connectivity index (χ3n) is 4.63. The fraction of sp³-hybridized carbons (Fsp3) is 0.529. The predicted molar refractivity (Wildman–Crippen MR) is 100 cm³/mol. The molecule has 2 aromatic heterocycles. The third-order valence-corrected chi connectivity index (χ3v) is 7.97. The molecule has 1 fully saturated rings. The molecule has 3 heterocycles. The third kappa shape index (κ3) is 4.16. The van der Waals surface area contributed by atoms with Crippen LogP contribution < -0.4 is 5.32 Å². The van der Waals surface area contributed by atoms with Crippen molar-refractivity contribution < 1.29 is 13.2 Å². The lowest BCUT2D eigenvalue weighted by molar-refractivity contribution is -0.126. The summed E-state index contributed by atoms with van der Waals surface area (Å²) in [5, 5.41) is 2.92. The fourth-order valence-corrected chi connectivity index (χ4v) is 6.09. The van der Waals surface area contributed by atoms with E-state index in [1.807, 2.05) is 30.8 Å². The van der Waals surface area contributed by atoms with Gasteiger partial charge in [0.1, 0.15) is 10.0 Å². The Morgan fingerprint density at radius 1 is 1.42 bits per heavy atom. The van der Waals surface area contributed by atoms with Crippen LogP contribution in [0.3, 0.4) is 0 Å². The summed E-state index contributed by atoms with van der Waals surface area (Å²) >= 11 is 1.27. The van der Waals surface area contributed by atoms with Gasteiger partial charge in [0, 0.05) is 50.4 Å². The van der Waals surface area contributed by atoms with Crippen LogP contribution in [0.1, 0.15) is 23.5 Å². The minimum Gasteiger partial charge on any atom is -0.355 e. The van der Waals surface area contributed by atoms with E-state index in [2.05, 4.69) is 10.3 Å². The second-order valence-electron chi connectivity index (χ2n) is 6.56. The Morgan fingerprint density at radius 2 is 2.23 bits per heavy atom. The van der Waals surface area contributed by atoms with Crippen molar-refractivity contribution >= 4 is 27.3 Å². The molecular formula is C17H24N4O3S2. The number of nitrogens with zero attached hydrogens (tertiary/aromatic N) is 3. The lowest BCUT2D eigenvalue weighted by atomic mass is 9.99. The van der Waals surface area contributed by atoms with Gasteiger partial charge in [-0.25, -0.2) is 13.4 Å². The molecule has 0 bridgehead atoms. The Labute approximate surface area is 158 Å². The Balaban J connectivity index is 1.57. The summed E-state index contributed by atoms with van der Waals surface area (Å²) in [6.07, 6.45) is 5.66. The molecule has 142 valence electrons. The van der Waals surface area contributed by atoms with E-state index in [1.165, 1.54) is 15.6 Å². The lowest BCUT2D eigenvalue weighted by Gasteiger charge is -2.30. The minimum atomic E-state index is -3.51. The first-order valence-corrected chi connectivity index (χ1v) is 10.9. The Bertz CT molecular complexity index is 872. The maximum atomic E-state index is 12.8. The topological polar surface area (TPSA) is 84.3 Å². The summed E-state index contributed by atoms with van der Waals surface area (Å²) in [6, 6.07) is 3.45. The first-order valence-electron chi connectivity index (χ1n) is 8.68. The van der Waals surface area contributed by atoms with Gasteiger partial charge in [0.15, 0.2) is 0 Å². The van der Waals surface area contributed by atoms with Crippen molar-refractivity contribution in [3.63, 3.8) is 0 Å². The number of piperidine rings is 1. The highest BCUT2D eigenvalue weighted by molar-refractivity contribution is 7.91. The average Bonchev–Trinajstić information content (AvgIpc) is 3.24. The number of amides is 1. The van der Waals surface area contributed by atoms with Gasteiger partial charge in [-0.1, -0.05) is 0 Å². The second-order valence-corrected chi connectivity index (χ2v) is 10.0. The number of aromatic nitrogens is 2. The van der Waals surface area contributed by atoms with E-state index in [9.17, 15) is 13.2 Å². The maximum absolute atomic E-state index is 12.8. The van der Waals surface area contributed by atoms with Gasteiger partial charge < -0.3 is 9.88 Å². The van der Waals surface area contributed by atoms with Crippen molar-refractivity contribution in [3.8, 4) is 0 Å². The molecule has 3 rings (SSSR count). The number of imidazole rings is 1. The van der Waals surface area contributed by atoms with Crippen molar-refractivity contribution in [2.24, 2.45) is 13.0 Å². The zero-order chi connectivity index (χ0) is 18.7. The van der Waals surface area contributed by atoms with Gasteiger partial charge in [-0.15, -0.1) is 11.3 Å². The van der Waals surface area contributed by atoms with Crippen LogP contribution in [0.25, 0.3) is 0 Å². The second kappa shape index (κ2) is 7.89. The molecule has 1 atom stereocenters. The quantitative estimate of drug-likeness (QED) is 0.803. The van der Waals surface area contributed by atoms with E-state index in [-0.39, 0.29) is 18.4 Å². The van der Waals surface area contributed by atoms with Crippen LogP contribution in [0.5, 0.6) is 0 Å². The Morgan fingerprint density at radius 3 is 2.88 bits per heavy atom. The summed E-state index contributed by atoms with van der Waals surface area (Å²) in [5.41, 5.74) is 0.